The summed E-state index contributed by atoms with van der Waals surface area (Å²) < 4.78 is 0. The first-order valence-electron chi connectivity index (χ1n) is 9.52. The number of nitrogens with zero attached hydrogens (tertiary/aromatic N) is 2. The van der Waals surface area contributed by atoms with Gasteiger partial charge in [-0.3, -0.25) is 9.59 Å². The number of amides is 2. The van der Waals surface area contributed by atoms with Gasteiger partial charge in [-0.2, -0.15) is 0 Å². The average Bonchev–Trinajstić information content (AvgIpc) is 2.85. The summed E-state index contributed by atoms with van der Waals surface area (Å²) in [5, 5.41) is 3.62. The van der Waals surface area contributed by atoms with Gasteiger partial charge in [-0.15, -0.1) is 0 Å². The fourth-order valence-corrected chi connectivity index (χ4v) is 4.26. The van der Waals surface area contributed by atoms with E-state index in [4.69, 9.17) is 0 Å². The number of hydrogen-bond acceptors (Lipinski definition) is 4. The zero-order valence-electron chi connectivity index (χ0n) is 16.1. The average molecular weight is 404 g/mol. The van der Waals surface area contributed by atoms with Gasteiger partial charge >= 0.3 is 0 Å². The molecule has 5 nitrogen and oxygen atoms in total. The minimum absolute atomic E-state index is 0.0548. The van der Waals surface area contributed by atoms with Crippen LogP contribution in [0, 0.1) is 6.92 Å². The molecule has 1 aliphatic rings. The summed E-state index contributed by atoms with van der Waals surface area (Å²) in [4.78, 5) is 32.6. The zero-order chi connectivity index (χ0) is 20.2. The Bertz CT molecular complexity index is 1050. The Labute approximate surface area is 174 Å². The van der Waals surface area contributed by atoms with Crippen LogP contribution in [0.1, 0.15) is 28.8 Å². The molecule has 0 aliphatic carbocycles. The van der Waals surface area contributed by atoms with Gasteiger partial charge in [-0.1, -0.05) is 41.6 Å². The summed E-state index contributed by atoms with van der Waals surface area (Å²) in [6.07, 6.45) is 2.61. The Kier molecular flexibility index (Phi) is 5.62. The van der Waals surface area contributed by atoms with E-state index in [0.29, 0.717) is 30.0 Å². The van der Waals surface area contributed by atoms with E-state index < -0.39 is 0 Å². The van der Waals surface area contributed by atoms with Crippen molar-refractivity contribution in [1.29, 1.82) is 0 Å². The van der Waals surface area contributed by atoms with Crippen LogP contribution < -0.4 is 10.2 Å². The molecule has 0 radical (unpaired) electrons. The molecule has 0 atom stereocenters. The minimum atomic E-state index is -0.0792. The van der Waals surface area contributed by atoms with Gasteiger partial charge in [0.1, 0.15) is 5.03 Å². The van der Waals surface area contributed by atoms with Crippen LogP contribution in [0.4, 0.5) is 11.4 Å². The number of rotatable bonds is 5. The van der Waals surface area contributed by atoms with Gasteiger partial charge in [-0.05, 0) is 49.7 Å². The first-order valence-corrected chi connectivity index (χ1v) is 10.3. The molecule has 1 aromatic heterocycles. The molecule has 0 spiro atoms. The van der Waals surface area contributed by atoms with Crippen molar-refractivity contribution in [3.8, 4) is 0 Å². The number of anilines is 2. The predicted octanol–water partition coefficient (Wildman–Crippen LogP) is 4.92. The molecule has 29 heavy (non-hydrogen) atoms. The molecule has 0 fully saturated rings. The van der Waals surface area contributed by atoms with Crippen molar-refractivity contribution < 1.29 is 9.59 Å². The van der Waals surface area contributed by atoms with Crippen molar-refractivity contribution in [2.24, 2.45) is 0 Å². The van der Waals surface area contributed by atoms with Gasteiger partial charge in [0, 0.05) is 29.7 Å². The SMILES string of the molecule is Cc1ccc(NC(=O)CCCN2C(=O)c3cccnc3Sc3ccccc32)cc1. The molecule has 2 aromatic carbocycles. The Morgan fingerprint density at radius 2 is 1.86 bits per heavy atom. The van der Waals surface area contributed by atoms with Gasteiger partial charge in [0.2, 0.25) is 5.91 Å². The van der Waals surface area contributed by atoms with E-state index in [1.807, 2.05) is 55.5 Å². The second kappa shape index (κ2) is 8.49. The number of aromatic nitrogens is 1. The highest BCUT2D eigenvalue weighted by Crippen LogP contribution is 2.40. The predicted molar refractivity (Wildman–Crippen MR) is 116 cm³/mol. The van der Waals surface area contributed by atoms with Crippen LogP contribution in [0.5, 0.6) is 0 Å². The maximum atomic E-state index is 13.2. The van der Waals surface area contributed by atoms with E-state index in [0.717, 1.165) is 21.8 Å². The summed E-state index contributed by atoms with van der Waals surface area (Å²) >= 11 is 1.50. The Morgan fingerprint density at radius 1 is 1.07 bits per heavy atom. The van der Waals surface area contributed by atoms with E-state index >= 15 is 0 Å². The number of carbonyl (C=O) groups is 2. The molecule has 0 unspecified atom stereocenters. The molecular formula is C23H21N3O2S. The third-order valence-electron chi connectivity index (χ3n) is 4.73. The molecule has 6 heteroatoms. The Hall–Kier alpha value is -3.12. The standard InChI is InChI=1S/C23H21N3O2S/c1-16-10-12-17(13-11-16)25-21(27)9-5-15-26-19-7-2-3-8-20(19)29-22-18(23(26)28)6-4-14-24-22/h2-4,6-8,10-14H,5,9,15H2,1H3,(H,25,27). The van der Waals surface area contributed by atoms with Crippen LogP contribution in [-0.4, -0.2) is 23.3 Å². The number of fused-ring (bicyclic) bond motifs is 2. The smallest absolute Gasteiger partial charge is 0.261 e. The highest BCUT2D eigenvalue weighted by atomic mass is 32.2. The van der Waals surface area contributed by atoms with E-state index in [1.54, 1.807) is 23.2 Å². The molecule has 0 bridgehead atoms. The van der Waals surface area contributed by atoms with Crippen LogP contribution in [0.3, 0.4) is 0 Å². The van der Waals surface area contributed by atoms with Crippen LogP contribution in [0.15, 0.2) is 76.8 Å². The summed E-state index contributed by atoms with van der Waals surface area (Å²) in [5.41, 5.74) is 3.39. The third kappa shape index (κ3) is 4.32. The molecular weight excluding hydrogens is 382 g/mol. The van der Waals surface area contributed by atoms with Crippen molar-refractivity contribution in [3.63, 3.8) is 0 Å². The maximum absolute atomic E-state index is 13.2. The van der Waals surface area contributed by atoms with Crippen LogP contribution in [-0.2, 0) is 4.79 Å². The van der Waals surface area contributed by atoms with Gasteiger partial charge in [0.25, 0.3) is 5.91 Å². The van der Waals surface area contributed by atoms with Gasteiger partial charge in [0.05, 0.1) is 11.3 Å². The third-order valence-corrected chi connectivity index (χ3v) is 5.81. The van der Waals surface area contributed by atoms with Crippen molar-refractivity contribution in [1.82, 2.24) is 4.98 Å². The quantitative estimate of drug-likeness (QED) is 0.657. The largest absolute Gasteiger partial charge is 0.326 e. The highest BCUT2D eigenvalue weighted by molar-refractivity contribution is 7.99. The number of para-hydroxylation sites is 1. The summed E-state index contributed by atoms with van der Waals surface area (Å²) in [7, 11) is 0. The second-order valence-corrected chi connectivity index (χ2v) is 7.93. The number of aryl methyl sites for hydroxylation is 1. The lowest BCUT2D eigenvalue weighted by atomic mass is 10.2. The molecule has 2 amide bonds. The highest BCUT2D eigenvalue weighted by Gasteiger charge is 2.27. The number of nitrogens with one attached hydrogen (secondary N) is 1. The molecule has 0 saturated heterocycles. The molecule has 2 heterocycles. The Balaban J connectivity index is 1.46. The van der Waals surface area contributed by atoms with Gasteiger partial charge < -0.3 is 10.2 Å². The summed E-state index contributed by atoms with van der Waals surface area (Å²) in [5.74, 6) is -0.134. The number of carbonyl (C=O) groups excluding carboxylic acids is 2. The zero-order valence-corrected chi connectivity index (χ0v) is 16.9. The molecule has 3 aromatic rings. The molecule has 0 saturated carbocycles. The molecule has 1 aliphatic heterocycles. The van der Waals surface area contributed by atoms with Crippen molar-refractivity contribution in [3.05, 3.63) is 78.0 Å². The fourth-order valence-electron chi connectivity index (χ4n) is 3.24. The van der Waals surface area contributed by atoms with Crippen molar-refractivity contribution >= 4 is 35.0 Å². The second-order valence-electron chi connectivity index (χ2n) is 6.90. The molecule has 146 valence electrons. The topological polar surface area (TPSA) is 62.3 Å². The summed E-state index contributed by atoms with van der Waals surface area (Å²) in [6, 6.07) is 19.1. The van der Waals surface area contributed by atoms with Crippen LogP contribution in [0.25, 0.3) is 0 Å². The first-order chi connectivity index (χ1) is 14.1. The minimum Gasteiger partial charge on any atom is -0.326 e. The van der Waals surface area contributed by atoms with E-state index in [9.17, 15) is 9.59 Å². The maximum Gasteiger partial charge on any atom is 0.261 e. The number of pyridine rings is 1. The normalized spacial score (nSPS) is 12.7. The number of benzene rings is 2. The fraction of sp³-hybridized carbons (Fsp3) is 0.174. The summed E-state index contributed by atoms with van der Waals surface area (Å²) in [6.45, 7) is 2.47. The van der Waals surface area contributed by atoms with Crippen molar-refractivity contribution in [2.45, 2.75) is 29.7 Å². The van der Waals surface area contributed by atoms with Gasteiger partial charge in [-0.25, -0.2) is 4.98 Å². The van der Waals surface area contributed by atoms with E-state index in [-0.39, 0.29) is 11.8 Å². The lowest BCUT2D eigenvalue weighted by molar-refractivity contribution is -0.116. The number of hydrogen-bond donors (Lipinski definition) is 1. The van der Waals surface area contributed by atoms with Crippen molar-refractivity contribution in [2.75, 3.05) is 16.8 Å². The van der Waals surface area contributed by atoms with Crippen LogP contribution >= 0.6 is 11.8 Å². The van der Waals surface area contributed by atoms with E-state index in [1.165, 1.54) is 11.8 Å². The Morgan fingerprint density at radius 3 is 2.69 bits per heavy atom. The lowest BCUT2D eigenvalue weighted by Crippen LogP contribution is -2.32. The lowest BCUT2D eigenvalue weighted by Gasteiger charge is -2.22. The van der Waals surface area contributed by atoms with Gasteiger partial charge in [0.15, 0.2) is 0 Å². The molecule has 1 N–H and O–H groups in total. The first kappa shape index (κ1) is 19.2. The molecule has 4 rings (SSSR count). The van der Waals surface area contributed by atoms with Crippen LogP contribution in [0.2, 0.25) is 0 Å². The van der Waals surface area contributed by atoms with E-state index in [2.05, 4.69) is 10.3 Å². The monoisotopic (exact) mass is 403 g/mol.